The summed E-state index contributed by atoms with van der Waals surface area (Å²) >= 11 is 0. The van der Waals surface area contributed by atoms with Crippen molar-refractivity contribution in [2.75, 3.05) is 9.80 Å². The Labute approximate surface area is 428 Å². The summed E-state index contributed by atoms with van der Waals surface area (Å²) in [7, 11) is 0. The van der Waals surface area contributed by atoms with E-state index in [0.29, 0.717) is 0 Å². The minimum Gasteiger partial charge on any atom is -0.456 e. The second kappa shape index (κ2) is 14.9. The number of nitrogens with zero attached hydrogens (tertiary/aromatic N) is 2. The van der Waals surface area contributed by atoms with Crippen LogP contribution in [0, 0.1) is 13.8 Å². The van der Waals surface area contributed by atoms with Gasteiger partial charge in [-0.15, -0.1) is 0 Å². The van der Waals surface area contributed by atoms with Crippen LogP contribution in [0.4, 0.5) is 34.1 Å². The maximum atomic E-state index is 6.53. The van der Waals surface area contributed by atoms with Gasteiger partial charge in [-0.05, 0) is 180 Å². The van der Waals surface area contributed by atoms with E-state index in [2.05, 4.69) is 245 Å². The zero-order valence-corrected chi connectivity index (χ0v) is 44.7. The molecule has 1 aromatic heterocycles. The van der Waals surface area contributed by atoms with E-state index in [1.165, 1.54) is 112 Å². The summed E-state index contributed by atoms with van der Waals surface area (Å²) in [6.07, 6.45) is 2.22. The van der Waals surface area contributed by atoms with Gasteiger partial charge >= 0.3 is 0 Å². The zero-order chi connectivity index (χ0) is 50.2. The van der Waals surface area contributed by atoms with Gasteiger partial charge < -0.3 is 14.2 Å². The molecule has 13 rings (SSSR count). The van der Waals surface area contributed by atoms with Crippen molar-refractivity contribution in [3.63, 3.8) is 0 Å². The molecule has 72 heavy (non-hydrogen) atoms. The minimum absolute atomic E-state index is 0.0117. The number of fused-ring (bicyclic) bond motifs is 9. The van der Waals surface area contributed by atoms with E-state index < -0.39 is 0 Å². The number of hydrogen-bond acceptors (Lipinski definition) is 3. The summed E-state index contributed by atoms with van der Waals surface area (Å²) in [6, 6.07) is 56.3. The van der Waals surface area contributed by atoms with Gasteiger partial charge in [-0.25, -0.2) is 0 Å². The number of benzene rings is 8. The number of hydrogen-bond donors (Lipinski definition) is 0. The number of anilines is 6. The highest BCUT2D eigenvalue weighted by molar-refractivity contribution is 7.00. The first-order chi connectivity index (χ1) is 34.1. The second-order valence-electron chi connectivity index (χ2n) is 25.7. The van der Waals surface area contributed by atoms with Crippen molar-refractivity contribution in [2.45, 2.75) is 130 Å². The molecule has 2 aliphatic carbocycles. The van der Waals surface area contributed by atoms with Gasteiger partial charge in [0.1, 0.15) is 11.2 Å². The molecular weight excluding hydrogens is 872 g/mol. The quantitative estimate of drug-likeness (QED) is 0.164. The lowest BCUT2D eigenvalue weighted by molar-refractivity contribution is 0.402. The van der Waals surface area contributed by atoms with Gasteiger partial charge in [0.15, 0.2) is 0 Å². The Balaban J connectivity index is 1.15. The molecule has 0 fully saturated rings. The molecule has 0 amide bonds. The third kappa shape index (κ3) is 6.49. The summed E-state index contributed by atoms with van der Waals surface area (Å²) in [5.41, 5.74) is 28.1. The highest BCUT2D eigenvalue weighted by Crippen LogP contribution is 2.56. The fraction of sp³-hybridized carbons (Fsp3) is 0.294. The van der Waals surface area contributed by atoms with Crippen molar-refractivity contribution in [1.29, 1.82) is 0 Å². The van der Waals surface area contributed by atoms with E-state index in [4.69, 9.17) is 4.42 Å². The average Bonchev–Trinajstić information content (AvgIpc) is 3.86. The Morgan fingerprint density at radius 3 is 1.72 bits per heavy atom. The van der Waals surface area contributed by atoms with Crippen molar-refractivity contribution in [3.05, 3.63) is 185 Å². The molecule has 3 nitrogen and oxygen atoms in total. The van der Waals surface area contributed by atoms with E-state index >= 15 is 0 Å². The third-order valence-electron chi connectivity index (χ3n) is 17.5. The van der Waals surface area contributed by atoms with Crippen LogP contribution in [0.5, 0.6) is 0 Å². The third-order valence-corrected chi connectivity index (χ3v) is 17.5. The van der Waals surface area contributed by atoms with Gasteiger partial charge in [0.05, 0.1) is 5.69 Å². The van der Waals surface area contributed by atoms with Crippen LogP contribution in [0.1, 0.15) is 128 Å². The molecular formula is C68H67BN2O. The smallest absolute Gasteiger partial charge is 0.252 e. The number of para-hydroxylation sites is 1. The molecule has 0 saturated carbocycles. The molecule has 3 heterocycles. The molecule has 0 bridgehead atoms. The lowest BCUT2D eigenvalue weighted by Crippen LogP contribution is -2.61. The Hall–Kier alpha value is -6.78. The lowest BCUT2D eigenvalue weighted by Gasteiger charge is -2.46. The first-order valence-corrected chi connectivity index (χ1v) is 26.5. The van der Waals surface area contributed by atoms with Gasteiger partial charge in [-0.2, -0.15) is 0 Å². The molecule has 0 N–H and O–H groups in total. The maximum Gasteiger partial charge on any atom is 0.252 e. The Kier molecular flexibility index (Phi) is 9.34. The van der Waals surface area contributed by atoms with E-state index in [9.17, 15) is 0 Å². The molecule has 358 valence electrons. The Bertz CT molecular complexity index is 3780. The second-order valence-corrected chi connectivity index (χ2v) is 25.7. The number of aryl methyl sites for hydroxylation is 2. The predicted octanol–water partition coefficient (Wildman–Crippen LogP) is 16.8. The van der Waals surface area contributed by atoms with Crippen LogP contribution in [0.25, 0.3) is 44.2 Å². The largest absolute Gasteiger partial charge is 0.456 e. The zero-order valence-electron chi connectivity index (χ0n) is 44.7. The molecule has 4 aliphatic rings. The standard InChI is InChI=1S/C68H67BN2O/c1-40-30-58-63-59(31-40)71(55-36-50-48(32-41(55)2)65(6,7)38-67(50,10)11)56-33-43(45-23-19-25-61-62(45)46-22-17-18-24-60(46)72-61)26-28-52(56)69(63)53-35-49-51(68(12,13)39-66(49,8)9)37-57(53)70(58)54-29-27-44(64(3,4)5)34-47(54)42-20-15-14-16-21-42/h14-37H,38-39H2,1-13H3. The molecule has 0 saturated heterocycles. The van der Waals surface area contributed by atoms with Crippen molar-refractivity contribution < 1.29 is 4.42 Å². The van der Waals surface area contributed by atoms with Gasteiger partial charge in [-0.1, -0.05) is 167 Å². The first kappa shape index (κ1) is 45.1. The monoisotopic (exact) mass is 939 g/mol. The molecule has 0 atom stereocenters. The van der Waals surface area contributed by atoms with Crippen molar-refractivity contribution in [3.8, 4) is 22.3 Å². The van der Waals surface area contributed by atoms with Gasteiger partial charge in [-0.3, -0.25) is 0 Å². The molecule has 0 radical (unpaired) electrons. The van der Waals surface area contributed by atoms with Crippen molar-refractivity contribution >= 4 is 79.2 Å². The summed E-state index contributed by atoms with van der Waals surface area (Å²) in [5.74, 6) is 0. The fourth-order valence-electron chi connectivity index (χ4n) is 14.7. The predicted molar refractivity (Wildman–Crippen MR) is 308 cm³/mol. The molecule has 0 unspecified atom stereocenters. The summed E-state index contributed by atoms with van der Waals surface area (Å²) in [4.78, 5) is 5.35. The normalized spacial score (nSPS) is 17.5. The molecule has 0 spiro atoms. The van der Waals surface area contributed by atoms with E-state index in [1.54, 1.807) is 0 Å². The van der Waals surface area contributed by atoms with Crippen LogP contribution in [-0.4, -0.2) is 6.71 Å². The fourth-order valence-corrected chi connectivity index (χ4v) is 14.7. The molecule has 2 aliphatic heterocycles. The SMILES string of the molecule is Cc1cc2c3c(c1)N(c1ccc(C(C)(C)C)cc1-c1ccccc1)c1cc4c(cc1B3c1ccc(-c3cccc5oc6ccccc6c35)cc1N2c1cc2c(cc1C)C(C)(C)CC2(C)C)C(C)(C)CC4(C)C. The maximum absolute atomic E-state index is 6.53. The van der Waals surface area contributed by atoms with E-state index in [1.807, 2.05) is 0 Å². The van der Waals surface area contributed by atoms with Gasteiger partial charge in [0.25, 0.3) is 6.71 Å². The number of furan rings is 1. The minimum atomic E-state index is -0.0251. The Morgan fingerprint density at radius 1 is 0.458 bits per heavy atom. The lowest BCUT2D eigenvalue weighted by atomic mass is 9.33. The van der Waals surface area contributed by atoms with Gasteiger partial charge in [0.2, 0.25) is 0 Å². The summed E-state index contributed by atoms with van der Waals surface area (Å²) in [6.45, 7) is 31.3. The van der Waals surface area contributed by atoms with Crippen LogP contribution in [-0.2, 0) is 27.1 Å². The molecule has 9 aromatic rings. The van der Waals surface area contributed by atoms with Crippen LogP contribution < -0.4 is 26.2 Å². The average molecular weight is 939 g/mol. The molecule has 8 aromatic carbocycles. The van der Waals surface area contributed by atoms with Crippen molar-refractivity contribution in [1.82, 2.24) is 0 Å². The van der Waals surface area contributed by atoms with Crippen LogP contribution >= 0.6 is 0 Å². The number of rotatable bonds is 4. The van der Waals surface area contributed by atoms with E-state index in [-0.39, 0.29) is 33.8 Å². The Morgan fingerprint density at radius 2 is 1.04 bits per heavy atom. The highest BCUT2D eigenvalue weighted by atomic mass is 16.3. The summed E-state index contributed by atoms with van der Waals surface area (Å²) < 4.78 is 6.53. The highest BCUT2D eigenvalue weighted by Gasteiger charge is 2.49. The van der Waals surface area contributed by atoms with Crippen LogP contribution in [0.15, 0.2) is 150 Å². The van der Waals surface area contributed by atoms with Gasteiger partial charge in [0, 0.05) is 44.8 Å². The topological polar surface area (TPSA) is 19.6 Å². The van der Waals surface area contributed by atoms with Crippen LogP contribution in [0.3, 0.4) is 0 Å². The summed E-state index contributed by atoms with van der Waals surface area (Å²) in [5, 5.41) is 2.31. The first-order valence-electron chi connectivity index (χ1n) is 26.5. The molecule has 4 heteroatoms. The van der Waals surface area contributed by atoms with Crippen molar-refractivity contribution in [2.24, 2.45) is 0 Å². The van der Waals surface area contributed by atoms with E-state index in [0.717, 1.165) is 34.8 Å². The van der Waals surface area contributed by atoms with Crippen LogP contribution in [0.2, 0.25) is 0 Å².